The summed E-state index contributed by atoms with van der Waals surface area (Å²) < 4.78 is 14.1. The molecule has 0 amide bonds. The van der Waals surface area contributed by atoms with Crippen molar-refractivity contribution >= 4 is 20.0 Å². The van der Waals surface area contributed by atoms with E-state index in [4.69, 9.17) is 14.9 Å². The fraction of sp³-hybridized carbons (Fsp3) is 0. The van der Waals surface area contributed by atoms with E-state index in [9.17, 15) is 9.59 Å². The van der Waals surface area contributed by atoms with Crippen molar-refractivity contribution in [3.8, 4) is 0 Å². The van der Waals surface area contributed by atoms with Gasteiger partial charge in [0, 0.05) is 0 Å². The van der Waals surface area contributed by atoms with E-state index in [1.54, 1.807) is 0 Å². The second kappa shape index (κ2) is 2.25. The van der Waals surface area contributed by atoms with Crippen LogP contribution in [0.4, 0.5) is 9.59 Å². The van der Waals surface area contributed by atoms with Crippen LogP contribution in [-0.4, -0.2) is 27.2 Å². The molecule has 1 fully saturated rings. The van der Waals surface area contributed by atoms with E-state index >= 15 is 0 Å². The Morgan fingerprint density at radius 2 is 1.75 bits per heavy atom. The molecule has 0 aromatic carbocycles. The Labute approximate surface area is 64.3 Å². The summed E-state index contributed by atoms with van der Waals surface area (Å²) in [4.78, 5) is 37.1. The van der Waals surface area contributed by atoms with Gasteiger partial charge in [0.05, 0.1) is 0 Å². The third-order valence-electron chi connectivity index (χ3n) is 0.670. The Kier molecular flexibility index (Phi) is 1.71. The van der Waals surface area contributed by atoms with Crippen LogP contribution in [0, 0.1) is 0 Å². The summed E-state index contributed by atoms with van der Waals surface area (Å²) in [6, 6.07) is 0. The Hall–Kier alpha value is -0.990. The molecular formula is C2H3O9P. The molecule has 0 spiro atoms. The van der Waals surface area contributed by atoms with Gasteiger partial charge in [0.2, 0.25) is 0 Å². The van der Waals surface area contributed by atoms with E-state index in [1.165, 1.54) is 0 Å². The molecule has 1 aliphatic rings. The summed E-state index contributed by atoms with van der Waals surface area (Å²) in [6.07, 6.45) is -3.80. The van der Waals surface area contributed by atoms with Crippen molar-refractivity contribution in [2.24, 2.45) is 0 Å². The molecule has 0 aromatic rings. The van der Waals surface area contributed by atoms with Gasteiger partial charge in [-0.25, -0.2) is 0 Å². The van der Waals surface area contributed by atoms with Crippen LogP contribution in [0.1, 0.15) is 0 Å². The Balaban J connectivity index is 2.42. The number of rotatable bonds is 1. The van der Waals surface area contributed by atoms with Gasteiger partial charge in [-0.15, -0.1) is 0 Å². The molecule has 0 aliphatic carbocycles. The van der Waals surface area contributed by atoms with Crippen LogP contribution in [0.15, 0.2) is 0 Å². The number of carbonyl (C=O) groups is 2. The first-order valence-corrected chi connectivity index (χ1v) is 4.25. The minimum atomic E-state index is -5.23. The Morgan fingerprint density at radius 3 is 2.08 bits per heavy atom. The Bertz CT molecular complexity index is 235. The van der Waals surface area contributed by atoms with Gasteiger partial charge in [0.15, 0.2) is 0 Å². The van der Waals surface area contributed by atoms with Gasteiger partial charge in [0.1, 0.15) is 0 Å². The van der Waals surface area contributed by atoms with Crippen LogP contribution in [0.5, 0.6) is 0 Å². The van der Waals surface area contributed by atoms with Gasteiger partial charge < -0.3 is 0 Å². The maximum absolute atomic E-state index is 10.2. The van der Waals surface area contributed by atoms with Gasteiger partial charge in [-0.2, -0.15) is 0 Å². The predicted octanol–water partition coefficient (Wildman–Crippen LogP) is -0.108. The SMILES string of the molecule is O=C(O)OC(=O)OP1(O)(O)OO1. The van der Waals surface area contributed by atoms with Crippen LogP contribution in [0.3, 0.4) is 0 Å². The van der Waals surface area contributed by atoms with Crippen molar-refractivity contribution < 1.29 is 43.1 Å². The van der Waals surface area contributed by atoms with Crippen molar-refractivity contribution in [2.75, 3.05) is 0 Å². The molecule has 0 unspecified atom stereocenters. The molecule has 0 bridgehead atoms. The van der Waals surface area contributed by atoms with Gasteiger partial charge >= 0.3 is 63.1 Å². The second-order valence-electron chi connectivity index (χ2n) is 1.66. The van der Waals surface area contributed by atoms with Gasteiger partial charge in [-0.3, -0.25) is 0 Å². The minimum absolute atomic E-state index is 1.84. The average Bonchev–Trinajstić information content (AvgIpc) is 2.38. The number of carbonyl (C=O) groups excluding carboxylic acids is 1. The first-order chi connectivity index (χ1) is 5.30. The third kappa shape index (κ3) is 2.26. The molecular weight excluding hydrogens is 199 g/mol. The van der Waals surface area contributed by atoms with Crippen LogP contribution in [-0.2, 0) is 18.6 Å². The maximum atomic E-state index is 10.2. The standard InChI is InChI=1S/C2H3O9P/c3-1(4)8-2(5)9-12(6,7)10-11-12/h6-7H,(H,3,4). The fourth-order valence-electron chi connectivity index (χ4n) is 0.291. The topological polar surface area (TPSA) is 138 Å². The number of hydrogen-bond donors (Lipinski definition) is 3. The Morgan fingerprint density at radius 1 is 1.25 bits per heavy atom. The van der Waals surface area contributed by atoms with Crippen molar-refractivity contribution in [3.63, 3.8) is 0 Å². The molecule has 1 aliphatic heterocycles. The molecule has 12 heavy (non-hydrogen) atoms. The van der Waals surface area contributed by atoms with E-state index in [0.29, 0.717) is 0 Å². The zero-order valence-corrected chi connectivity index (χ0v) is 6.13. The van der Waals surface area contributed by atoms with Gasteiger partial charge in [-0.05, 0) is 0 Å². The predicted molar refractivity (Wildman–Crippen MR) is 29.1 cm³/mol. The van der Waals surface area contributed by atoms with E-state index < -0.39 is 20.0 Å². The van der Waals surface area contributed by atoms with Crippen LogP contribution < -0.4 is 0 Å². The molecule has 0 aromatic heterocycles. The number of carboxylic acid groups (broad SMARTS) is 1. The first-order valence-electron chi connectivity index (χ1n) is 2.36. The van der Waals surface area contributed by atoms with Crippen LogP contribution >= 0.6 is 7.74 Å². The van der Waals surface area contributed by atoms with Crippen molar-refractivity contribution in [1.29, 1.82) is 0 Å². The summed E-state index contributed by atoms with van der Waals surface area (Å²) in [5, 5.41) is 7.83. The van der Waals surface area contributed by atoms with E-state index in [-0.39, 0.29) is 0 Å². The molecule has 1 saturated heterocycles. The number of ether oxygens (including phenoxy) is 1. The van der Waals surface area contributed by atoms with E-state index in [2.05, 4.69) is 18.6 Å². The molecule has 3 N–H and O–H groups in total. The zero-order valence-electron chi connectivity index (χ0n) is 5.24. The zero-order chi connectivity index (χ0) is 9.43. The summed E-state index contributed by atoms with van der Waals surface area (Å²) in [5.74, 6) is 0. The van der Waals surface area contributed by atoms with Crippen LogP contribution in [0.2, 0.25) is 0 Å². The van der Waals surface area contributed by atoms with E-state index in [1.807, 2.05) is 0 Å². The monoisotopic (exact) mass is 202 g/mol. The van der Waals surface area contributed by atoms with E-state index in [0.717, 1.165) is 0 Å². The fourth-order valence-corrected chi connectivity index (χ4v) is 0.992. The van der Waals surface area contributed by atoms with Crippen molar-refractivity contribution in [1.82, 2.24) is 0 Å². The summed E-state index contributed by atoms with van der Waals surface area (Å²) in [5.41, 5.74) is 0. The van der Waals surface area contributed by atoms with Crippen molar-refractivity contribution in [3.05, 3.63) is 0 Å². The first kappa shape index (κ1) is 9.10. The molecule has 0 atom stereocenters. The summed E-state index contributed by atoms with van der Waals surface area (Å²) >= 11 is 0. The number of hydrogen-bond acceptors (Lipinski definition) is 8. The van der Waals surface area contributed by atoms with Gasteiger partial charge in [-0.1, -0.05) is 0 Å². The molecule has 10 heteroatoms. The molecule has 1 rings (SSSR count). The normalized spacial score (nSPS) is 26.0. The quantitative estimate of drug-likeness (QED) is 0.174. The van der Waals surface area contributed by atoms with Crippen LogP contribution in [0.25, 0.3) is 0 Å². The van der Waals surface area contributed by atoms with Crippen molar-refractivity contribution in [2.45, 2.75) is 0 Å². The summed E-state index contributed by atoms with van der Waals surface area (Å²) in [6.45, 7) is 0. The summed E-state index contributed by atoms with van der Waals surface area (Å²) in [7, 11) is -5.23. The average molecular weight is 202 g/mol. The molecule has 0 radical (unpaired) electrons. The molecule has 1 heterocycles. The molecule has 70 valence electrons. The molecule has 9 nitrogen and oxygen atoms in total. The van der Waals surface area contributed by atoms with Gasteiger partial charge in [0.25, 0.3) is 0 Å². The second-order valence-corrected chi connectivity index (χ2v) is 3.75. The molecule has 0 saturated carbocycles. The third-order valence-corrected chi connectivity index (χ3v) is 1.67.